The van der Waals surface area contributed by atoms with Crippen molar-refractivity contribution in [3.63, 3.8) is 0 Å². The van der Waals surface area contributed by atoms with Gasteiger partial charge in [-0.3, -0.25) is 20.3 Å². The van der Waals surface area contributed by atoms with Gasteiger partial charge in [0.1, 0.15) is 16.4 Å². The van der Waals surface area contributed by atoms with E-state index >= 15 is 0 Å². The number of sulfonamides is 1. The molecule has 11 heteroatoms. The molecule has 2 N–H and O–H groups in total. The number of rotatable bonds is 9. The van der Waals surface area contributed by atoms with Gasteiger partial charge in [0.05, 0.1) is 36.7 Å². The maximum absolute atomic E-state index is 13.2. The lowest BCUT2D eigenvalue weighted by Crippen LogP contribution is -2.16. The highest BCUT2D eigenvalue weighted by atomic mass is 32.2. The van der Waals surface area contributed by atoms with E-state index in [2.05, 4.69) is 15.2 Å². The summed E-state index contributed by atoms with van der Waals surface area (Å²) in [6, 6.07) is 13.8. The van der Waals surface area contributed by atoms with Crippen LogP contribution < -0.4 is 19.6 Å². The number of non-ortho nitro benzene ring substituents is 1. The lowest BCUT2D eigenvalue weighted by molar-refractivity contribution is -0.385. The van der Waals surface area contributed by atoms with Crippen molar-refractivity contribution in [2.45, 2.75) is 18.7 Å². The fourth-order valence-corrected chi connectivity index (χ4v) is 4.47. The van der Waals surface area contributed by atoms with Crippen LogP contribution in [0.25, 0.3) is 0 Å². The van der Waals surface area contributed by atoms with Gasteiger partial charge in [-0.1, -0.05) is 17.7 Å². The number of nitro groups is 1. The second-order valence-electron chi connectivity index (χ2n) is 7.34. The highest BCUT2D eigenvalue weighted by molar-refractivity contribution is 7.92. The summed E-state index contributed by atoms with van der Waals surface area (Å²) in [5.74, 6) is 1.10. The van der Waals surface area contributed by atoms with E-state index in [4.69, 9.17) is 9.47 Å². The molecule has 0 saturated heterocycles. The molecule has 0 fully saturated rings. The van der Waals surface area contributed by atoms with Crippen LogP contribution in [0.1, 0.15) is 16.7 Å². The summed E-state index contributed by atoms with van der Waals surface area (Å²) in [5.41, 5.74) is 5.02. The summed E-state index contributed by atoms with van der Waals surface area (Å²) in [7, 11) is -1.15. The van der Waals surface area contributed by atoms with Crippen LogP contribution in [0, 0.1) is 24.0 Å². The van der Waals surface area contributed by atoms with Gasteiger partial charge < -0.3 is 9.47 Å². The van der Waals surface area contributed by atoms with E-state index in [-0.39, 0.29) is 16.3 Å². The summed E-state index contributed by atoms with van der Waals surface area (Å²) in [6.45, 7) is 3.66. The van der Waals surface area contributed by atoms with Gasteiger partial charge in [-0.15, -0.1) is 0 Å². The molecule has 0 saturated carbocycles. The number of hydrazone groups is 1. The number of anilines is 2. The molecule has 0 amide bonds. The van der Waals surface area contributed by atoms with E-state index in [1.807, 2.05) is 13.0 Å². The second kappa shape index (κ2) is 10.2. The van der Waals surface area contributed by atoms with E-state index in [1.165, 1.54) is 32.6 Å². The van der Waals surface area contributed by atoms with Crippen LogP contribution in [0.3, 0.4) is 0 Å². The largest absolute Gasteiger partial charge is 0.497 e. The Hall–Kier alpha value is -4.12. The summed E-state index contributed by atoms with van der Waals surface area (Å²) in [6.07, 6.45) is 1.44. The van der Waals surface area contributed by atoms with Gasteiger partial charge in [-0.2, -0.15) is 5.10 Å². The quantitative estimate of drug-likeness (QED) is 0.260. The Morgan fingerprint density at radius 3 is 2.35 bits per heavy atom. The zero-order chi connectivity index (χ0) is 24.9. The van der Waals surface area contributed by atoms with Gasteiger partial charge >= 0.3 is 0 Å². The van der Waals surface area contributed by atoms with E-state index in [1.54, 1.807) is 37.3 Å². The van der Waals surface area contributed by atoms with Crippen LogP contribution >= 0.6 is 0 Å². The number of aryl methyl sites for hydroxylation is 2. The van der Waals surface area contributed by atoms with Gasteiger partial charge in [0.15, 0.2) is 0 Å². The molecule has 0 aliphatic heterocycles. The van der Waals surface area contributed by atoms with Gasteiger partial charge in [0.2, 0.25) is 0 Å². The second-order valence-corrected chi connectivity index (χ2v) is 8.99. The standard InChI is InChI=1S/C23H24N4O6S/c1-15-5-9-20(16(2)11-15)26-34(30,31)23-12-18(27(28)29)7-10-21(23)25-24-14-17-6-8-19(32-3)13-22(17)33-4/h5-14,25-26H,1-4H3. The summed E-state index contributed by atoms with van der Waals surface area (Å²) in [4.78, 5) is 10.3. The molecule has 0 unspecified atom stereocenters. The third kappa shape index (κ3) is 5.62. The molecule has 0 aliphatic carbocycles. The highest BCUT2D eigenvalue weighted by Crippen LogP contribution is 2.29. The zero-order valence-corrected chi connectivity index (χ0v) is 19.8. The SMILES string of the molecule is COc1ccc(C=NNc2ccc([N+](=O)[O-])cc2S(=O)(=O)Nc2ccc(C)cc2C)c(OC)c1. The van der Waals surface area contributed by atoms with Gasteiger partial charge in [-0.05, 0) is 43.7 Å². The number of ether oxygens (including phenoxy) is 2. The molecule has 3 aromatic carbocycles. The van der Waals surface area contributed by atoms with Gasteiger partial charge in [-0.25, -0.2) is 8.42 Å². The predicted octanol–water partition coefficient (Wildman–Crippen LogP) is 4.48. The number of hydrogen-bond donors (Lipinski definition) is 2. The first-order valence-electron chi connectivity index (χ1n) is 10.0. The Kier molecular flexibility index (Phi) is 7.37. The monoisotopic (exact) mass is 484 g/mol. The minimum Gasteiger partial charge on any atom is -0.497 e. The number of nitrogens with zero attached hydrogens (tertiary/aromatic N) is 2. The van der Waals surface area contributed by atoms with Crippen molar-refractivity contribution >= 4 is 33.3 Å². The third-order valence-electron chi connectivity index (χ3n) is 4.92. The molecule has 0 bridgehead atoms. The molecule has 0 aliphatic rings. The molecule has 178 valence electrons. The number of methoxy groups -OCH3 is 2. The average molecular weight is 485 g/mol. The van der Waals surface area contributed by atoms with Gasteiger partial charge in [0.25, 0.3) is 15.7 Å². The fourth-order valence-electron chi connectivity index (χ4n) is 3.16. The third-order valence-corrected chi connectivity index (χ3v) is 6.33. The first-order chi connectivity index (χ1) is 16.1. The minimum atomic E-state index is -4.18. The van der Waals surface area contributed by atoms with Crippen LogP contribution in [-0.2, 0) is 10.0 Å². The normalized spacial score (nSPS) is 11.3. The van der Waals surface area contributed by atoms with Crippen molar-refractivity contribution in [3.8, 4) is 11.5 Å². The zero-order valence-electron chi connectivity index (χ0n) is 19.0. The van der Waals surface area contributed by atoms with Crippen molar-refractivity contribution in [2.75, 3.05) is 24.4 Å². The van der Waals surface area contributed by atoms with Crippen LogP contribution in [0.5, 0.6) is 11.5 Å². The lowest BCUT2D eigenvalue weighted by Gasteiger charge is -2.14. The molecular formula is C23H24N4O6S. The Balaban J connectivity index is 1.96. The molecular weight excluding hydrogens is 460 g/mol. The van der Waals surface area contributed by atoms with E-state index in [9.17, 15) is 18.5 Å². The topological polar surface area (TPSA) is 132 Å². The molecule has 0 aromatic heterocycles. The lowest BCUT2D eigenvalue weighted by atomic mass is 10.1. The van der Waals surface area contributed by atoms with Crippen molar-refractivity contribution < 1.29 is 22.8 Å². The Morgan fingerprint density at radius 1 is 0.971 bits per heavy atom. The van der Waals surface area contributed by atoms with Crippen LogP contribution in [-0.4, -0.2) is 33.8 Å². The van der Waals surface area contributed by atoms with Crippen LogP contribution in [0.4, 0.5) is 17.1 Å². The molecule has 0 heterocycles. The Labute approximate surface area is 197 Å². The van der Waals surface area contributed by atoms with Crippen molar-refractivity contribution in [1.29, 1.82) is 0 Å². The van der Waals surface area contributed by atoms with Gasteiger partial charge in [0, 0.05) is 23.8 Å². The number of benzene rings is 3. The van der Waals surface area contributed by atoms with E-state index in [0.717, 1.165) is 11.6 Å². The summed E-state index contributed by atoms with van der Waals surface area (Å²) < 4.78 is 39.3. The average Bonchev–Trinajstić information content (AvgIpc) is 2.81. The maximum atomic E-state index is 13.2. The Bertz CT molecular complexity index is 1360. The predicted molar refractivity (Wildman–Crippen MR) is 131 cm³/mol. The molecule has 0 spiro atoms. The molecule has 0 radical (unpaired) electrons. The summed E-state index contributed by atoms with van der Waals surface area (Å²) >= 11 is 0. The van der Waals surface area contributed by atoms with Crippen molar-refractivity contribution in [2.24, 2.45) is 5.10 Å². The molecule has 3 rings (SSSR count). The first-order valence-corrected chi connectivity index (χ1v) is 11.5. The fraction of sp³-hybridized carbons (Fsp3) is 0.174. The van der Waals surface area contributed by atoms with E-state index < -0.39 is 14.9 Å². The van der Waals surface area contributed by atoms with E-state index in [0.29, 0.717) is 28.3 Å². The van der Waals surface area contributed by atoms with Crippen molar-refractivity contribution in [1.82, 2.24) is 0 Å². The first kappa shape index (κ1) is 24.5. The van der Waals surface area contributed by atoms with Crippen molar-refractivity contribution in [3.05, 3.63) is 81.4 Å². The number of hydrogen-bond acceptors (Lipinski definition) is 8. The molecule has 0 atom stereocenters. The maximum Gasteiger partial charge on any atom is 0.270 e. The minimum absolute atomic E-state index is 0.0617. The number of nitro benzene ring substituents is 1. The summed E-state index contributed by atoms with van der Waals surface area (Å²) in [5, 5.41) is 15.4. The molecule has 10 nitrogen and oxygen atoms in total. The smallest absolute Gasteiger partial charge is 0.270 e. The van der Waals surface area contributed by atoms with Crippen LogP contribution in [0.15, 0.2) is 64.6 Å². The Morgan fingerprint density at radius 2 is 1.71 bits per heavy atom. The molecule has 3 aromatic rings. The molecule has 34 heavy (non-hydrogen) atoms. The number of nitrogens with one attached hydrogen (secondary N) is 2. The van der Waals surface area contributed by atoms with Crippen LogP contribution in [0.2, 0.25) is 0 Å². The highest BCUT2D eigenvalue weighted by Gasteiger charge is 2.23.